The maximum atomic E-state index is 14.6. The first-order valence-electron chi connectivity index (χ1n) is 7.35. The molecule has 0 heterocycles. The number of aryl methyl sites for hydroxylation is 1. The summed E-state index contributed by atoms with van der Waals surface area (Å²) in [6, 6.07) is 8.92. The number of esters is 1. The Kier molecular flexibility index (Phi) is 5.47. The van der Waals surface area contributed by atoms with Crippen LogP contribution in [0.25, 0.3) is 0 Å². The highest BCUT2D eigenvalue weighted by atomic mass is 19.1. The Bertz CT molecular complexity index is 779. The van der Waals surface area contributed by atoms with Gasteiger partial charge in [0.05, 0.1) is 18.9 Å². The van der Waals surface area contributed by atoms with Crippen molar-refractivity contribution >= 4 is 11.8 Å². The van der Waals surface area contributed by atoms with Crippen LogP contribution in [0.1, 0.15) is 38.8 Å². The van der Waals surface area contributed by atoms with Crippen molar-refractivity contribution in [1.82, 2.24) is 0 Å². The van der Waals surface area contributed by atoms with Gasteiger partial charge in [0.2, 0.25) is 0 Å². The molecule has 0 atom stereocenters. The van der Waals surface area contributed by atoms with Gasteiger partial charge in [0.25, 0.3) is 0 Å². The van der Waals surface area contributed by atoms with E-state index in [2.05, 4.69) is 11.3 Å². The molecular weight excluding hydrogens is 311 g/mol. The molecule has 0 N–H and O–H groups in total. The van der Waals surface area contributed by atoms with E-state index in [4.69, 9.17) is 4.74 Å². The minimum Gasteiger partial charge on any atom is -0.465 e. The van der Waals surface area contributed by atoms with Crippen LogP contribution in [0.5, 0.6) is 5.75 Å². The van der Waals surface area contributed by atoms with E-state index in [0.29, 0.717) is 17.5 Å². The molecule has 4 nitrogen and oxygen atoms in total. The van der Waals surface area contributed by atoms with Gasteiger partial charge in [-0.2, -0.15) is 0 Å². The zero-order chi connectivity index (χ0) is 17.7. The fraction of sp³-hybridized carbons (Fsp3) is 0.158. The summed E-state index contributed by atoms with van der Waals surface area (Å²) in [4.78, 5) is 24.2. The normalized spacial score (nSPS) is 10.1. The SMILES string of the molecule is C=COc1ccc(CC)c(F)c1C(=O)c1ccc(C(=O)OC)cc1. The second kappa shape index (κ2) is 7.55. The number of hydrogen-bond donors (Lipinski definition) is 0. The molecule has 0 aliphatic carbocycles. The van der Waals surface area contributed by atoms with Crippen LogP contribution in [0.3, 0.4) is 0 Å². The third-order valence-electron chi connectivity index (χ3n) is 3.57. The number of methoxy groups -OCH3 is 1. The molecule has 0 aliphatic heterocycles. The van der Waals surface area contributed by atoms with Crippen molar-refractivity contribution in [2.24, 2.45) is 0 Å². The molecule has 124 valence electrons. The average molecular weight is 328 g/mol. The standard InChI is InChI=1S/C19H17FO4/c1-4-12-10-11-15(24-5-2)16(17(12)20)18(21)13-6-8-14(9-7-13)19(22)23-3/h5-11H,2,4H2,1,3H3. The molecule has 0 aromatic heterocycles. The van der Waals surface area contributed by atoms with E-state index < -0.39 is 17.6 Å². The Morgan fingerprint density at radius 3 is 2.29 bits per heavy atom. The monoisotopic (exact) mass is 328 g/mol. The van der Waals surface area contributed by atoms with Crippen molar-refractivity contribution in [3.63, 3.8) is 0 Å². The maximum Gasteiger partial charge on any atom is 0.337 e. The van der Waals surface area contributed by atoms with E-state index in [-0.39, 0.29) is 16.9 Å². The molecule has 2 rings (SSSR count). The van der Waals surface area contributed by atoms with Gasteiger partial charge >= 0.3 is 5.97 Å². The van der Waals surface area contributed by atoms with Crippen molar-refractivity contribution in [3.05, 3.63) is 77.3 Å². The molecule has 0 saturated carbocycles. The third-order valence-corrected chi connectivity index (χ3v) is 3.57. The van der Waals surface area contributed by atoms with Crippen LogP contribution in [0.15, 0.2) is 49.2 Å². The summed E-state index contributed by atoms with van der Waals surface area (Å²) in [5.41, 5.74) is 0.809. The lowest BCUT2D eigenvalue weighted by Crippen LogP contribution is -2.09. The van der Waals surface area contributed by atoms with Crippen molar-refractivity contribution in [2.45, 2.75) is 13.3 Å². The smallest absolute Gasteiger partial charge is 0.337 e. The van der Waals surface area contributed by atoms with Gasteiger partial charge in [-0.1, -0.05) is 31.7 Å². The molecule has 5 heteroatoms. The van der Waals surface area contributed by atoms with Crippen molar-refractivity contribution in [3.8, 4) is 5.75 Å². The average Bonchev–Trinajstić information content (AvgIpc) is 2.61. The van der Waals surface area contributed by atoms with Crippen LogP contribution >= 0.6 is 0 Å². The van der Waals surface area contributed by atoms with E-state index in [1.54, 1.807) is 19.1 Å². The van der Waals surface area contributed by atoms with Gasteiger partial charge in [-0.15, -0.1) is 0 Å². The Morgan fingerprint density at radius 2 is 1.75 bits per heavy atom. The second-order valence-electron chi connectivity index (χ2n) is 4.95. The molecular formula is C19H17FO4. The Hall–Kier alpha value is -2.95. The van der Waals surface area contributed by atoms with E-state index in [0.717, 1.165) is 6.26 Å². The lowest BCUT2D eigenvalue weighted by molar-refractivity contribution is 0.0600. The number of benzene rings is 2. The summed E-state index contributed by atoms with van der Waals surface area (Å²) in [5, 5.41) is 0. The highest BCUT2D eigenvalue weighted by Gasteiger charge is 2.22. The number of carbonyl (C=O) groups excluding carboxylic acids is 2. The second-order valence-corrected chi connectivity index (χ2v) is 4.95. The highest BCUT2D eigenvalue weighted by molar-refractivity contribution is 6.11. The molecule has 0 saturated heterocycles. The van der Waals surface area contributed by atoms with E-state index >= 15 is 0 Å². The minimum absolute atomic E-state index is 0.0988. The molecule has 0 amide bonds. The third kappa shape index (κ3) is 3.35. The van der Waals surface area contributed by atoms with Crippen molar-refractivity contribution in [2.75, 3.05) is 7.11 Å². The van der Waals surface area contributed by atoms with E-state index in [1.807, 2.05) is 0 Å². The van der Waals surface area contributed by atoms with Gasteiger partial charge in [-0.25, -0.2) is 9.18 Å². The predicted molar refractivity (Wildman–Crippen MR) is 87.8 cm³/mol. The van der Waals surface area contributed by atoms with E-state index in [1.165, 1.54) is 31.4 Å². The number of carbonyl (C=O) groups is 2. The van der Waals surface area contributed by atoms with Crippen LogP contribution in [0, 0.1) is 5.82 Å². The number of ketones is 1. The lowest BCUT2D eigenvalue weighted by Gasteiger charge is -2.12. The van der Waals surface area contributed by atoms with Crippen molar-refractivity contribution in [1.29, 1.82) is 0 Å². The van der Waals surface area contributed by atoms with Crippen LogP contribution < -0.4 is 4.74 Å². The topological polar surface area (TPSA) is 52.6 Å². The number of rotatable bonds is 6. The minimum atomic E-state index is -0.612. The number of hydrogen-bond acceptors (Lipinski definition) is 4. The molecule has 0 unspecified atom stereocenters. The van der Waals surface area contributed by atoms with Gasteiger partial charge < -0.3 is 9.47 Å². The first-order valence-corrected chi connectivity index (χ1v) is 7.35. The Balaban J connectivity index is 2.48. The van der Waals surface area contributed by atoms with Crippen molar-refractivity contribution < 1.29 is 23.5 Å². The van der Waals surface area contributed by atoms with Crippen LogP contribution in [-0.2, 0) is 11.2 Å². The van der Waals surface area contributed by atoms with Crippen LogP contribution in [0.4, 0.5) is 4.39 Å². The predicted octanol–water partition coefficient (Wildman–Crippen LogP) is 3.93. The summed E-state index contributed by atoms with van der Waals surface area (Å²) >= 11 is 0. The van der Waals surface area contributed by atoms with E-state index in [9.17, 15) is 14.0 Å². The highest BCUT2D eigenvalue weighted by Crippen LogP contribution is 2.28. The fourth-order valence-electron chi connectivity index (χ4n) is 2.29. The van der Waals surface area contributed by atoms with Gasteiger partial charge in [-0.3, -0.25) is 4.79 Å². The number of halogens is 1. The molecule has 0 fully saturated rings. The van der Waals surface area contributed by atoms with Gasteiger partial charge in [-0.05, 0) is 30.2 Å². The summed E-state index contributed by atoms with van der Waals surface area (Å²) in [5.74, 6) is -1.56. The quantitative estimate of drug-likeness (QED) is 0.458. The molecule has 0 aliphatic rings. The zero-order valence-corrected chi connectivity index (χ0v) is 13.5. The maximum absolute atomic E-state index is 14.6. The first kappa shape index (κ1) is 17.4. The van der Waals surface area contributed by atoms with Gasteiger partial charge in [0.1, 0.15) is 17.1 Å². The summed E-state index contributed by atoms with van der Waals surface area (Å²) < 4.78 is 24.4. The van der Waals surface area contributed by atoms with Crippen LogP contribution in [-0.4, -0.2) is 18.9 Å². The summed E-state index contributed by atoms with van der Waals surface area (Å²) in [6.07, 6.45) is 1.58. The van der Waals surface area contributed by atoms with Gasteiger partial charge in [0, 0.05) is 5.56 Å². The number of ether oxygens (including phenoxy) is 2. The largest absolute Gasteiger partial charge is 0.465 e. The molecule has 0 radical (unpaired) electrons. The molecule has 0 spiro atoms. The van der Waals surface area contributed by atoms with Crippen LogP contribution in [0.2, 0.25) is 0 Å². The molecule has 2 aromatic carbocycles. The lowest BCUT2D eigenvalue weighted by atomic mass is 9.97. The zero-order valence-electron chi connectivity index (χ0n) is 13.5. The molecule has 2 aromatic rings. The first-order chi connectivity index (χ1) is 11.5. The fourth-order valence-corrected chi connectivity index (χ4v) is 2.29. The Morgan fingerprint density at radius 1 is 1.12 bits per heavy atom. The molecule has 0 bridgehead atoms. The molecule has 24 heavy (non-hydrogen) atoms. The summed E-state index contributed by atoms with van der Waals surface area (Å²) in [6.45, 7) is 5.23. The Labute approximate surface area is 139 Å². The summed E-state index contributed by atoms with van der Waals surface area (Å²) in [7, 11) is 1.27. The van der Waals surface area contributed by atoms with Gasteiger partial charge in [0.15, 0.2) is 5.78 Å².